The molecule has 4 heteroatoms. The number of aromatic nitrogens is 2. The second-order valence-corrected chi connectivity index (χ2v) is 5.80. The van der Waals surface area contributed by atoms with Crippen molar-refractivity contribution in [3.8, 4) is 0 Å². The van der Waals surface area contributed by atoms with E-state index in [2.05, 4.69) is 17.2 Å². The standard InChI is InChI=1S/C15H25N3O/c1-5-16-9-11-6-7-13-12(8-11)10-17-14(18-13)15(2,3)19-4/h10-11,16H,5-9H2,1-4H3. The van der Waals surface area contributed by atoms with Gasteiger partial charge in [-0.2, -0.15) is 0 Å². The minimum absolute atomic E-state index is 0.407. The number of ether oxygens (including phenoxy) is 1. The van der Waals surface area contributed by atoms with Crippen molar-refractivity contribution in [2.45, 2.75) is 45.6 Å². The number of aryl methyl sites for hydroxylation is 1. The molecule has 1 aromatic heterocycles. The molecule has 0 amide bonds. The average molecular weight is 263 g/mol. The molecule has 1 N–H and O–H groups in total. The number of fused-ring (bicyclic) bond motifs is 1. The van der Waals surface area contributed by atoms with E-state index in [4.69, 9.17) is 9.72 Å². The van der Waals surface area contributed by atoms with Crippen LogP contribution in [-0.4, -0.2) is 30.2 Å². The molecule has 2 rings (SSSR count). The molecule has 0 fully saturated rings. The monoisotopic (exact) mass is 263 g/mol. The number of nitrogens with one attached hydrogen (secondary N) is 1. The molecule has 0 spiro atoms. The largest absolute Gasteiger partial charge is 0.371 e. The number of hydrogen-bond donors (Lipinski definition) is 1. The molecule has 1 aromatic rings. The van der Waals surface area contributed by atoms with Crippen LogP contribution in [0.3, 0.4) is 0 Å². The highest BCUT2D eigenvalue weighted by Crippen LogP contribution is 2.26. The van der Waals surface area contributed by atoms with Gasteiger partial charge in [0.1, 0.15) is 5.60 Å². The molecule has 0 saturated heterocycles. The van der Waals surface area contributed by atoms with E-state index >= 15 is 0 Å². The van der Waals surface area contributed by atoms with Crippen molar-refractivity contribution in [1.82, 2.24) is 15.3 Å². The maximum absolute atomic E-state index is 5.45. The van der Waals surface area contributed by atoms with Gasteiger partial charge in [-0.15, -0.1) is 0 Å². The van der Waals surface area contributed by atoms with Gasteiger partial charge in [-0.1, -0.05) is 6.92 Å². The Kier molecular flexibility index (Phi) is 4.53. The second kappa shape index (κ2) is 5.97. The lowest BCUT2D eigenvalue weighted by Gasteiger charge is -2.26. The van der Waals surface area contributed by atoms with Crippen LogP contribution >= 0.6 is 0 Å². The first kappa shape index (κ1) is 14.4. The summed E-state index contributed by atoms with van der Waals surface area (Å²) in [6.07, 6.45) is 5.36. The van der Waals surface area contributed by atoms with Crippen LogP contribution in [0.25, 0.3) is 0 Å². The zero-order chi connectivity index (χ0) is 13.9. The zero-order valence-corrected chi connectivity index (χ0v) is 12.5. The number of rotatable bonds is 5. The molecule has 1 aliphatic carbocycles. The third kappa shape index (κ3) is 3.31. The van der Waals surface area contributed by atoms with E-state index in [1.165, 1.54) is 17.7 Å². The summed E-state index contributed by atoms with van der Waals surface area (Å²) in [5.41, 5.74) is 2.11. The summed E-state index contributed by atoms with van der Waals surface area (Å²) in [5, 5.41) is 3.43. The Morgan fingerprint density at radius 2 is 2.26 bits per heavy atom. The topological polar surface area (TPSA) is 47.0 Å². The predicted molar refractivity (Wildman–Crippen MR) is 76.1 cm³/mol. The maximum Gasteiger partial charge on any atom is 0.159 e. The molecule has 0 aromatic carbocycles. The molecule has 0 saturated carbocycles. The number of methoxy groups -OCH3 is 1. The van der Waals surface area contributed by atoms with E-state index in [9.17, 15) is 0 Å². The summed E-state index contributed by atoms with van der Waals surface area (Å²) < 4.78 is 5.45. The van der Waals surface area contributed by atoms with Gasteiger partial charge in [0.2, 0.25) is 0 Å². The van der Waals surface area contributed by atoms with Crippen molar-refractivity contribution in [1.29, 1.82) is 0 Å². The van der Waals surface area contributed by atoms with Gasteiger partial charge in [0.25, 0.3) is 0 Å². The Balaban J connectivity index is 2.12. The van der Waals surface area contributed by atoms with E-state index in [1.54, 1.807) is 7.11 Å². The lowest BCUT2D eigenvalue weighted by atomic mass is 9.87. The number of hydrogen-bond acceptors (Lipinski definition) is 4. The SMILES string of the molecule is CCNCC1CCc2nc(C(C)(C)OC)ncc2C1. The van der Waals surface area contributed by atoms with E-state index in [0.717, 1.165) is 37.7 Å². The summed E-state index contributed by atoms with van der Waals surface area (Å²) in [4.78, 5) is 9.21. The number of nitrogens with zero attached hydrogens (tertiary/aromatic N) is 2. The fourth-order valence-electron chi connectivity index (χ4n) is 2.49. The van der Waals surface area contributed by atoms with Gasteiger partial charge in [0.15, 0.2) is 5.82 Å². The lowest BCUT2D eigenvalue weighted by Crippen LogP contribution is -2.29. The minimum atomic E-state index is -0.407. The van der Waals surface area contributed by atoms with E-state index in [-0.39, 0.29) is 0 Å². The van der Waals surface area contributed by atoms with Gasteiger partial charge in [0, 0.05) is 19.0 Å². The predicted octanol–water partition coefficient (Wildman–Crippen LogP) is 2.07. The first-order valence-electron chi connectivity index (χ1n) is 7.18. The van der Waals surface area contributed by atoms with Gasteiger partial charge in [-0.3, -0.25) is 0 Å². The molecule has 1 heterocycles. The molecule has 1 aliphatic rings. The van der Waals surface area contributed by atoms with Crippen LogP contribution in [0.2, 0.25) is 0 Å². The van der Waals surface area contributed by atoms with E-state index < -0.39 is 5.60 Å². The van der Waals surface area contributed by atoms with Crippen molar-refractivity contribution < 1.29 is 4.74 Å². The van der Waals surface area contributed by atoms with Crippen molar-refractivity contribution in [3.63, 3.8) is 0 Å². The quantitative estimate of drug-likeness (QED) is 0.883. The highest BCUT2D eigenvalue weighted by Gasteiger charge is 2.26. The normalized spacial score (nSPS) is 19.3. The minimum Gasteiger partial charge on any atom is -0.371 e. The van der Waals surface area contributed by atoms with Crippen molar-refractivity contribution in [2.75, 3.05) is 20.2 Å². The first-order chi connectivity index (χ1) is 9.06. The van der Waals surface area contributed by atoms with Crippen LogP contribution in [0.5, 0.6) is 0 Å². The third-order valence-electron chi connectivity index (χ3n) is 3.98. The van der Waals surface area contributed by atoms with Crippen LogP contribution in [-0.2, 0) is 23.2 Å². The molecular weight excluding hydrogens is 238 g/mol. The second-order valence-electron chi connectivity index (χ2n) is 5.80. The van der Waals surface area contributed by atoms with Crippen LogP contribution < -0.4 is 5.32 Å². The molecule has 1 atom stereocenters. The summed E-state index contributed by atoms with van der Waals surface area (Å²) in [6, 6.07) is 0. The van der Waals surface area contributed by atoms with Gasteiger partial charge in [0.05, 0.1) is 0 Å². The Morgan fingerprint density at radius 3 is 2.95 bits per heavy atom. The average Bonchev–Trinajstić information content (AvgIpc) is 2.44. The van der Waals surface area contributed by atoms with Gasteiger partial charge >= 0.3 is 0 Å². The van der Waals surface area contributed by atoms with E-state index in [0.29, 0.717) is 0 Å². The van der Waals surface area contributed by atoms with Crippen molar-refractivity contribution in [3.05, 3.63) is 23.3 Å². The van der Waals surface area contributed by atoms with Gasteiger partial charge in [-0.25, -0.2) is 9.97 Å². The first-order valence-corrected chi connectivity index (χ1v) is 7.18. The summed E-state index contributed by atoms with van der Waals surface area (Å²) >= 11 is 0. The Morgan fingerprint density at radius 1 is 1.47 bits per heavy atom. The van der Waals surface area contributed by atoms with Crippen LogP contribution in [0, 0.1) is 5.92 Å². The molecule has 1 unspecified atom stereocenters. The fourth-order valence-corrected chi connectivity index (χ4v) is 2.49. The zero-order valence-electron chi connectivity index (χ0n) is 12.5. The molecule has 4 nitrogen and oxygen atoms in total. The van der Waals surface area contributed by atoms with Gasteiger partial charge < -0.3 is 10.1 Å². The highest BCUT2D eigenvalue weighted by atomic mass is 16.5. The Labute approximate surface area is 116 Å². The van der Waals surface area contributed by atoms with E-state index in [1.807, 2.05) is 20.0 Å². The summed E-state index contributed by atoms with van der Waals surface area (Å²) in [6.45, 7) is 8.30. The lowest BCUT2D eigenvalue weighted by molar-refractivity contribution is 0.0111. The third-order valence-corrected chi connectivity index (χ3v) is 3.98. The smallest absolute Gasteiger partial charge is 0.159 e. The highest BCUT2D eigenvalue weighted by molar-refractivity contribution is 5.22. The summed E-state index contributed by atoms with van der Waals surface area (Å²) in [5.74, 6) is 1.51. The van der Waals surface area contributed by atoms with Crippen molar-refractivity contribution >= 4 is 0 Å². The molecule has 0 radical (unpaired) electrons. The molecule has 106 valence electrons. The maximum atomic E-state index is 5.45. The Bertz CT molecular complexity index is 431. The molecule has 0 aliphatic heterocycles. The van der Waals surface area contributed by atoms with Crippen LogP contribution in [0.1, 0.15) is 44.3 Å². The van der Waals surface area contributed by atoms with Gasteiger partial charge in [-0.05, 0) is 57.7 Å². The van der Waals surface area contributed by atoms with Crippen LogP contribution in [0.15, 0.2) is 6.20 Å². The summed E-state index contributed by atoms with van der Waals surface area (Å²) in [7, 11) is 1.70. The fraction of sp³-hybridized carbons (Fsp3) is 0.733. The molecular formula is C15H25N3O. The Hall–Kier alpha value is -1.00. The van der Waals surface area contributed by atoms with Crippen molar-refractivity contribution in [2.24, 2.45) is 5.92 Å². The van der Waals surface area contributed by atoms with Crippen LogP contribution in [0.4, 0.5) is 0 Å². The molecule has 0 bridgehead atoms. The molecule has 19 heavy (non-hydrogen) atoms.